The van der Waals surface area contributed by atoms with Gasteiger partial charge in [-0.15, -0.1) is 0 Å². The molecule has 5 nitrogen and oxygen atoms in total. The van der Waals surface area contributed by atoms with Crippen molar-refractivity contribution in [1.82, 2.24) is 13.7 Å². The lowest BCUT2D eigenvalue weighted by atomic mass is 9.94. The van der Waals surface area contributed by atoms with Gasteiger partial charge in [-0.2, -0.15) is 0 Å². The van der Waals surface area contributed by atoms with E-state index in [0.29, 0.717) is 6.61 Å². The zero-order valence-corrected chi connectivity index (χ0v) is 45.3. The standard InChI is InChI=1S/C79H47N3O2/c1-2-16-53-51(15-1)46-83-78-64(53)24-13-28-73(78)81-69-26-10-7-21-59(69)61-36-31-49(43-75(61)81)47-33-39-71-67(41-47)68-42-48(34-40-72(68)80(71)52-35-38-58-56-19-4-3-17-54(56)55-18-5-6-20-57(55)66(58)45-52)50-32-37-62-60-22-8-11-27-70(60)82(76(62)44-50)74-29-14-25-65-63-23-9-12-30-77(63)84-79(65)74/h1-45H,46H2. The van der Waals surface area contributed by atoms with Gasteiger partial charge < -0.3 is 22.9 Å². The van der Waals surface area contributed by atoms with Crippen LogP contribution < -0.4 is 4.74 Å². The Kier molecular flexibility index (Phi) is 9.33. The van der Waals surface area contributed by atoms with Crippen LogP contribution in [0.4, 0.5) is 0 Å². The summed E-state index contributed by atoms with van der Waals surface area (Å²) in [5.41, 5.74) is 19.9. The quantitative estimate of drug-likeness (QED) is 0.161. The molecule has 0 atom stereocenters. The number of ether oxygens (including phenoxy) is 1. The molecular weight excluding hydrogens is 1020 g/mol. The number of rotatable bonds is 5. The SMILES string of the molecule is c1ccc2c(c1)COc1c-2cccc1-n1c2ccccc2c2ccc(-c3ccc4c(c3)c3cc(-c5ccc6c7ccccc7n(-c7cccc8c7oc7ccccc78)c6c5)ccc3n4-c3ccc4c5ccccc5c5ccccc5c4c3)cc21. The van der Waals surface area contributed by atoms with Gasteiger partial charge in [0.1, 0.15) is 12.2 Å². The second-order valence-electron chi connectivity index (χ2n) is 22.6. The van der Waals surface area contributed by atoms with Crippen LogP contribution in [0.3, 0.4) is 0 Å². The molecule has 0 bridgehead atoms. The van der Waals surface area contributed by atoms with E-state index < -0.39 is 0 Å². The molecule has 18 aromatic rings. The van der Waals surface area contributed by atoms with Gasteiger partial charge in [0.25, 0.3) is 0 Å². The molecule has 0 amide bonds. The lowest BCUT2D eigenvalue weighted by Gasteiger charge is -2.24. The third-order valence-electron chi connectivity index (χ3n) is 18.3. The average Bonchev–Trinajstić information content (AvgIpc) is 2.30. The van der Waals surface area contributed by atoms with Crippen LogP contribution in [-0.4, -0.2) is 13.7 Å². The van der Waals surface area contributed by atoms with Crippen molar-refractivity contribution in [2.75, 3.05) is 0 Å². The first-order valence-corrected chi connectivity index (χ1v) is 28.9. The first-order chi connectivity index (χ1) is 41.7. The largest absolute Gasteiger partial charge is 0.486 e. The van der Waals surface area contributed by atoms with Crippen molar-refractivity contribution in [3.63, 3.8) is 0 Å². The van der Waals surface area contributed by atoms with E-state index in [9.17, 15) is 0 Å². The molecule has 1 aliphatic heterocycles. The first kappa shape index (κ1) is 45.6. The van der Waals surface area contributed by atoms with Gasteiger partial charge in [0.05, 0.1) is 44.5 Å². The molecule has 84 heavy (non-hydrogen) atoms. The van der Waals surface area contributed by atoms with Crippen molar-refractivity contribution in [3.8, 4) is 56.2 Å². The highest BCUT2D eigenvalue weighted by atomic mass is 16.5. The number of nitrogens with zero attached hydrogens (tertiary/aromatic N) is 3. The van der Waals surface area contributed by atoms with Gasteiger partial charge in [-0.1, -0.05) is 194 Å². The summed E-state index contributed by atoms with van der Waals surface area (Å²) in [5.74, 6) is 0.911. The van der Waals surface area contributed by atoms with Gasteiger partial charge in [0.2, 0.25) is 0 Å². The number of aromatic nitrogens is 3. The van der Waals surface area contributed by atoms with Gasteiger partial charge in [-0.25, -0.2) is 0 Å². The highest BCUT2D eigenvalue weighted by Crippen LogP contribution is 2.47. The molecule has 19 rings (SSSR count). The Labute approximate surface area is 481 Å². The molecule has 4 aromatic heterocycles. The third-order valence-corrected chi connectivity index (χ3v) is 18.3. The Bertz CT molecular complexity index is 5850. The minimum atomic E-state index is 0.532. The smallest absolute Gasteiger partial charge is 0.159 e. The molecule has 0 radical (unpaired) electrons. The van der Waals surface area contributed by atoms with Crippen molar-refractivity contribution in [2.45, 2.75) is 6.61 Å². The lowest BCUT2D eigenvalue weighted by Crippen LogP contribution is -2.08. The van der Waals surface area contributed by atoms with Crippen LogP contribution in [0, 0.1) is 0 Å². The van der Waals surface area contributed by atoms with Gasteiger partial charge in [-0.3, -0.25) is 0 Å². The molecule has 14 aromatic carbocycles. The molecule has 0 fully saturated rings. The molecule has 0 N–H and O–H groups in total. The van der Waals surface area contributed by atoms with Crippen molar-refractivity contribution < 1.29 is 9.15 Å². The van der Waals surface area contributed by atoms with E-state index in [1.807, 2.05) is 6.07 Å². The fourth-order valence-corrected chi connectivity index (χ4v) is 14.5. The van der Waals surface area contributed by atoms with E-state index in [2.05, 4.69) is 281 Å². The van der Waals surface area contributed by atoms with E-state index in [1.54, 1.807) is 0 Å². The van der Waals surface area contributed by atoms with E-state index in [-0.39, 0.29) is 0 Å². The molecule has 0 unspecified atom stereocenters. The van der Waals surface area contributed by atoms with E-state index >= 15 is 0 Å². The maximum atomic E-state index is 6.72. The molecule has 0 saturated heterocycles. The van der Waals surface area contributed by atoms with E-state index in [1.165, 1.54) is 75.8 Å². The summed E-state index contributed by atoms with van der Waals surface area (Å²) >= 11 is 0. The van der Waals surface area contributed by atoms with E-state index in [0.717, 1.165) is 106 Å². The number of fused-ring (bicyclic) bond motifs is 21. The lowest BCUT2D eigenvalue weighted by molar-refractivity contribution is 0.301. The normalized spacial score (nSPS) is 12.6. The van der Waals surface area contributed by atoms with Crippen LogP contribution in [0.25, 0.3) is 170 Å². The van der Waals surface area contributed by atoms with Gasteiger partial charge in [0.15, 0.2) is 11.3 Å². The van der Waals surface area contributed by atoms with E-state index in [4.69, 9.17) is 9.15 Å². The maximum absolute atomic E-state index is 6.72. The Morgan fingerprint density at radius 1 is 0.262 bits per heavy atom. The summed E-state index contributed by atoms with van der Waals surface area (Å²) in [6.07, 6.45) is 0. The topological polar surface area (TPSA) is 37.2 Å². The van der Waals surface area contributed by atoms with Crippen LogP contribution in [0.5, 0.6) is 5.75 Å². The number of hydrogen-bond donors (Lipinski definition) is 0. The average molecular weight is 1070 g/mol. The van der Waals surface area contributed by atoms with Crippen molar-refractivity contribution >= 4 is 120 Å². The van der Waals surface area contributed by atoms with Crippen molar-refractivity contribution in [1.29, 1.82) is 0 Å². The Morgan fingerprint density at radius 2 is 0.714 bits per heavy atom. The second-order valence-corrected chi connectivity index (χ2v) is 22.6. The number of benzene rings is 14. The molecule has 0 spiro atoms. The minimum absolute atomic E-state index is 0.532. The highest BCUT2D eigenvalue weighted by molar-refractivity contribution is 6.26. The minimum Gasteiger partial charge on any atom is -0.486 e. The van der Waals surface area contributed by atoms with Gasteiger partial charge in [0, 0.05) is 54.3 Å². The van der Waals surface area contributed by atoms with Crippen LogP contribution in [-0.2, 0) is 6.61 Å². The molecule has 0 aliphatic carbocycles. The Hall–Kier alpha value is -11.1. The van der Waals surface area contributed by atoms with Crippen LogP contribution in [0.2, 0.25) is 0 Å². The number of para-hydroxylation sites is 5. The summed E-state index contributed by atoms with van der Waals surface area (Å²) < 4.78 is 20.7. The predicted octanol–water partition coefficient (Wildman–Crippen LogP) is 21.2. The van der Waals surface area contributed by atoms with Crippen LogP contribution in [0.1, 0.15) is 5.56 Å². The Morgan fingerprint density at radius 3 is 1.38 bits per heavy atom. The van der Waals surface area contributed by atoms with Gasteiger partial charge in [-0.05, 0) is 145 Å². The molecule has 5 heterocycles. The summed E-state index contributed by atoms with van der Waals surface area (Å²) in [6.45, 7) is 0.532. The summed E-state index contributed by atoms with van der Waals surface area (Å²) in [6, 6.07) is 100. The zero-order chi connectivity index (χ0) is 54.7. The fourth-order valence-electron chi connectivity index (χ4n) is 14.5. The molecular formula is C79H47N3O2. The van der Waals surface area contributed by atoms with Crippen LogP contribution >= 0.6 is 0 Å². The highest BCUT2D eigenvalue weighted by Gasteiger charge is 2.25. The van der Waals surface area contributed by atoms with Crippen LogP contribution in [0.15, 0.2) is 277 Å². The third kappa shape index (κ3) is 6.38. The fraction of sp³-hybridized carbons (Fsp3) is 0.0127. The van der Waals surface area contributed by atoms with Crippen molar-refractivity contribution in [2.24, 2.45) is 0 Å². The summed E-state index contributed by atoms with van der Waals surface area (Å²) in [5, 5.41) is 17.0. The monoisotopic (exact) mass is 1070 g/mol. The number of hydrogen-bond acceptors (Lipinski definition) is 2. The van der Waals surface area contributed by atoms with Gasteiger partial charge >= 0.3 is 0 Å². The summed E-state index contributed by atoms with van der Waals surface area (Å²) in [7, 11) is 0. The number of furan rings is 1. The molecule has 0 saturated carbocycles. The molecule has 390 valence electrons. The molecule has 1 aliphatic rings. The molecule has 5 heteroatoms. The van der Waals surface area contributed by atoms with Crippen molar-refractivity contribution in [3.05, 3.63) is 279 Å². The Balaban J connectivity index is 0.834. The first-order valence-electron chi connectivity index (χ1n) is 28.9. The zero-order valence-electron chi connectivity index (χ0n) is 45.3. The maximum Gasteiger partial charge on any atom is 0.159 e. The predicted molar refractivity (Wildman–Crippen MR) is 350 cm³/mol. The second kappa shape index (κ2) is 17.2. The summed E-state index contributed by atoms with van der Waals surface area (Å²) in [4.78, 5) is 0.